The molecule has 7 heteroatoms. The minimum Gasteiger partial charge on any atom is -0.492 e. The van der Waals surface area contributed by atoms with Crippen LogP contribution in [0.3, 0.4) is 0 Å². The number of hydrogen-bond acceptors (Lipinski definition) is 6. The number of benzene rings is 2. The number of carbonyl (C=O) groups excluding carboxylic acids is 1. The zero-order valence-corrected chi connectivity index (χ0v) is 18.4. The fraction of sp³-hybridized carbons (Fsp3) is 0.391. The Morgan fingerprint density at radius 1 is 1.07 bits per heavy atom. The van der Waals surface area contributed by atoms with E-state index in [2.05, 4.69) is 20.9 Å². The molecule has 158 valence electrons. The molecule has 2 heterocycles. The molecule has 1 aromatic heterocycles. The van der Waals surface area contributed by atoms with Gasteiger partial charge < -0.3 is 9.64 Å². The monoisotopic (exact) mass is 424 g/mol. The average Bonchev–Trinajstić information content (AvgIpc) is 3.19. The van der Waals surface area contributed by atoms with Crippen LogP contribution in [0.15, 0.2) is 48.5 Å². The van der Waals surface area contributed by atoms with E-state index in [1.165, 1.54) is 0 Å². The van der Waals surface area contributed by atoms with E-state index in [4.69, 9.17) is 4.74 Å². The number of carbonyl (C=O) groups is 1. The lowest BCUT2D eigenvalue weighted by atomic mass is 10.2. The molecule has 3 aromatic rings. The van der Waals surface area contributed by atoms with Crippen LogP contribution in [-0.2, 0) is 4.79 Å². The number of thiazole rings is 1. The van der Waals surface area contributed by atoms with E-state index in [9.17, 15) is 4.79 Å². The zero-order valence-electron chi connectivity index (χ0n) is 17.6. The maximum absolute atomic E-state index is 13.0. The number of nitrogens with zero attached hydrogens (tertiary/aromatic N) is 4. The molecule has 1 amide bonds. The molecule has 0 aliphatic carbocycles. The van der Waals surface area contributed by atoms with Crippen LogP contribution in [0.4, 0.5) is 10.8 Å². The summed E-state index contributed by atoms with van der Waals surface area (Å²) in [6, 6.07) is 16.2. The van der Waals surface area contributed by atoms with Crippen LogP contribution >= 0.6 is 11.3 Å². The first kappa shape index (κ1) is 20.6. The van der Waals surface area contributed by atoms with E-state index < -0.39 is 0 Å². The van der Waals surface area contributed by atoms with E-state index in [-0.39, 0.29) is 5.91 Å². The summed E-state index contributed by atoms with van der Waals surface area (Å²) in [5, 5.41) is 0.785. The molecular weight excluding hydrogens is 396 g/mol. The van der Waals surface area contributed by atoms with Crippen LogP contribution in [0.1, 0.15) is 13.8 Å². The first-order valence-electron chi connectivity index (χ1n) is 10.5. The fourth-order valence-electron chi connectivity index (χ4n) is 3.81. The maximum Gasteiger partial charge on any atom is 0.242 e. The number of hydrogen-bond donors (Lipinski definition) is 0. The highest BCUT2D eigenvalue weighted by atomic mass is 32.1. The van der Waals surface area contributed by atoms with E-state index in [1.54, 1.807) is 16.2 Å². The van der Waals surface area contributed by atoms with Gasteiger partial charge >= 0.3 is 0 Å². The van der Waals surface area contributed by atoms with Crippen LogP contribution in [0.5, 0.6) is 5.75 Å². The van der Waals surface area contributed by atoms with Gasteiger partial charge in [0.2, 0.25) is 5.91 Å². The van der Waals surface area contributed by atoms with E-state index in [0.717, 1.165) is 53.0 Å². The SMILES string of the molecule is CCOc1ccccc1N1CCN(CC(=O)N(CC)c2nc3ccccc3s2)CC1. The van der Waals surface area contributed by atoms with Gasteiger partial charge in [0, 0.05) is 32.7 Å². The van der Waals surface area contributed by atoms with Crippen molar-refractivity contribution in [1.82, 2.24) is 9.88 Å². The Morgan fingerprint density at radius 2 is 1.80 bits per heavy atom. The lowest BCUT2D eigenvalue weighted by Gasteiger charge is -2.36. The van der Waals surface area contributed by atoms with Crippen LogP contribution < -0.4 is 14.5 Å². The van der Waals surface area contributed by atoms with Crippen LogP contribution in [-0.4, -0.2) is 61.7 Å². The number of amides is 1. The molecule has 0 radical (unpaired) electrons. The number of aromatic nitrogens is 1. The highest BCUT2D eigenvalue weighted by Crippen LogP contribution is 2.30. The van der Waals surface area contributed by atoms with Crippen molar-refractivity contribution in [2.75, 3.05) is 55.7 Å². The minimum atomic E-state index is 0.111. The van der Waals surface area contributed by atoms with Crippen molar-refractivity contribution in [3.05, 3.63) is 48.5 Å². The summed E-state index contributed by atoms with van der Waals surface area (Å²) in [7, 11) is 0. The number of rotatable bonds is 7. The molecule has 1 aliphatic heterocycles. The van der Waals surface area contributed by atoms with Gasteiger partial charge in [-0.3, -0.25) is 14.6 Å². The largest absolute Gasteiger partial charge is 0.492 e. The van der Waals surface area contributed by atoms with Gasteiger partial charge in [0.1, 0.15) is 5.75 Å². The van der Waals surface area contributed by atoms with Crippen molar-refractivity contribution in [1.29, 1.82) is 0 Å². The molecule has 0 saturated carbocycles. The zero-order chi connectivity index (χ0) is 20.9. The van der Waals surface area contributed by atoms with Gasteiger partial charge in [0.25, 0.3) is 0 Å². The average molecular weight is 425 g/mol. The van der Waals surface area contributed by atoms with Crippen molar-refractivity contribution >= 4 is 38.3 Å². The predicted octanol–water partition coefficient (Wildman–Crippen LogP) is 3.87. The quantitative estimate of drug-likeness (QED) is 0.576. The van der Waals surface area contributed by atoms with Crippen molar-refractivity contribution in [2.45, 2.75) is 13.8 Å². The smallest absolute Gasteiger partial charge is 0.242 e. The van der Waals surface area contributed by atoms with Crippen LogP contribution in [0.25, 0.3) is 10.2 Å². The first-order chi connectivity index (χ1) is 14.7. The van der Waals surface area contributed by atoms with Gasteiger partial charge in [-0.15, -0.1) is 0 Å². The second-order valence-electron chi connectivity index (χ2n) is 7.27. The van der Waals surface area contributed by atoms with Crippen molar-refractivity contribution in [3.8, 4) is 5.75 Å². The number of para-hydroxylation sites is 3. The topological polar surface area (TPSA) is 48.9 Å². The van der Waals surface area contributed by atoms with E-state index >= 15 is 0 Å². The van der Waals surface area contributed by atoms with Gasteiger partial charge in [-0.05, 0) is 38.1 Å². The Bertz CT molecular complexity index is 965. The molecule has 0 unspecified atom stereocenters. The standard InChI is InChI=1S/C23H28N4O2S/c1-3-27(23-24-18-9-5-8-12-21(18)30-23)22(28)17-25-13-15-26(16-14-25)19-10-6-7-11-20(19)29-4-2/h5-12H,3-4,13-17H2,1-2H3. The Hall–Kier alpha value is -2.64. The summed E-state index contributed by atoms with van der Waals surface area (Å²) in [5.41, 5.74) is 2.08. The summed E-state index contributed by atoms with van der Waals surface area (Å²) in [6.45, 7) is 9.18. The van der Waals surface area contributed by atoms with Gasteiger partial charge in [0.05, 0.1) is 29.1 Å². The molecule has 0 N–H and O–H groups in total. The molecular formula is C23H28N4O2S. The molecule has 0 spiro atoms. The van der Waals surface area contributed by atoms with Crippen LogP contribution in [0, 0.1) is 0 Å². The van der Waals surface area contributed by atoms with E-state index in [0.29, 0.717) is 19.7 Å². The number of anilines is 2. The molecule has 30 heavy (non-hydrogen) atoms. The normalized spacial score (nSPS) is 14.8. The third kappa shape index (κ3) is 4.42. The number of ether oxygens (including phenoxy) is 1. The Balaban J connectivity index is 1.38. The highest BCUT2D eigenvalue weighted by molar-refractivity contribution is 7.22. The summed E-state index contributed by atoms with van der Waals surface area (Å²) in [6.07, 6.45) is 0. The maximum atomic E-state index is 13.0. The second kappa shape index (κ2) is 9.45. The van der Waals surface area contributed by atoms with Gasteiger partial charge in [-0.1, -0.05) is 35.6 Å². The summed E-state index contributed by atoms with van der Waals surface area (Å²) >= 11 is 1.58. The number of fused-ring (bicyclic) bond motifs is 1. The molecule has 2 aromatic carbocycles. The predicted molar refractivity (Wildman–Crippen MR) is 124 cm³/mol. The van der Waals surface area contributed by atoms with E-state index in [1.807, 2.05) is 56.3 Å². The van der Waals surface area contributed by atoms with Gasteiger partial charge in [-0.2, -0.15) is 0 Å². The van der Waals surface area contributed by atoms with Crippen molar-refractivity contribution in [3.63, 3.8) is 0 Å². The third-order valence-electron chi connectivity index (χ3n) is 5.37. The Labute approximate surface area is 181 Å². The molecule has 1 aliphatic rings. The molecule has 4 rings (SSSR count). The fourth-order valence-corrected chi connectivity index (χ4v) is 4.86. The molecule has 0 bridgehead atoms. The summed E-state index contributed by atoms with van der Waals surface area (Å²) < 4.78 is 6.89. The first-order valence-corrected chi connectivity index (χ1v) is 11.4. The highest BCUT2D eigenvalue weighted by Gasteiger charge is 2.24. The minimum absolute atomic E-state index is 0.111. The summed E-state index contributed by atoms with van der Waals surface area (Å²) in [4.78, 5) is 24.1. The molecule has 1 saturated heterocycles. The third-order valence-corrected chi connectivity index (χ3v) is 6.43. The number of piperazine rings is 1. The molecule has 0 atom stereocenters. The van der Waals surface area contributed by atoms with Gasteiger partial charge in [-0.25, -0.2) is 4.98 Å². The Kier molecular flexibility index (Phi) is 6.50. The molecule has 6 nitrogen and oxygen atoms in total. The lowest BCUT2D eigenvalue weighted by Crippen LogP contribution is -2.50. The van der Waals surface area contributed by atoms with Crippen molar-refractivity contribution in [2.24, 2.45) is 0 Å². The summed E-state index contributed by atoms with van der Waals surface area (Å²) in [5.74, 6) is 1.04. The Morgan fingerprint density at radius 3 is 2.53 bits per heavy atom. The van der Waals surface area contributed by atoms with Crippen molar-refractivity contribution < 1.29 is 9.53 Å². The van der Waals surface area contributed by atoms with Crippen LogP contribution in [0.2, 0.25) is 0 Å². The molecule has 1 fully saturated rings. The van der Waals surface area contributed by atoms with Gasteiger partial charge in [0.15, 0.2) is 5.13 Å². The number of likely N-dealkylation sites (N-methyl/N-ethyl adjacent to an activating group) is 1. The second-order valence-corrected chi connectivity index (χ2v) is 8.28. The lowest BCUT2D eigenvalue weighted by molar-refractivity contribution is -0.119.